The molecule has 0 bridgehead atoms. The zero-order valence-electron chi connectivity index (χ0n) is 10.2. The normalized spacial score (nSPS) is 14.8. The van der Waals surface area contributed by atoms with E-state index in [1.165, 1.54) is 11.1 Å². The van der Waals surface area contributed by atoms with E-state index < -0.39 is 6.10 Å². The molecule has 1 aromatic carbocycles. The minimum absolute atomic E-state index is 0.243. The largest absolute Gasteiger partial charge is 0.389 e. The first-order valence-corrected chi connectivity index (χ1v) is 5.61. The quantitative estimate of drug-likeness (QED) is 0.770. The van der Waals surface area contributed by atoms with Crippen molar-refractivity contribution in [3.63, 3.8) is 0 Å². The maximum absolute atomic E-state index is 9.53. The molecular weight excluding hydrogens is 202 g/mol. The number of nitrogens with one attached hydrogen (secondary N) is 1. The highest BCUT2D eigenvalue weighted by molar-refractivity contribution is 5.28. The number of hydrogen-bond acceptors (Lipinski definition) is 3. The van der Waals surface area contributed by atoms with Crippen LogP contribution in [0.25, 0.3) is 0 Å². The first kappa shape index (κ1) is 13.2. The monoisotopic (exact) mass is 223 g/mol. The molecule has 0 aromatic heterocycles. The average molecular weight is 223 g/mol. The summed E-state index contributed by atoms with van der Waals surface area (Å²) in [7, 11) is 1.59. The van der Waals surface area contributed by atoms with E-state index in [-0.39, 0.29) is 6.04 Å². The summed E-state index contributed by atoms with van der Waals surface area (Å²) in [6.45, 7) is 5.11. The second-order valence-electron chi connectivity index (χ2n) is 4.10. The van der Waals surface area contributed by atoms with Crippen LogP contribution in [0.4, 0.5) is 0 Å². The Kier molecular flexibility index (Phi) is 5.46. The Bertz CT molecular complexity index is 315. The van der Waals surface area contributed by atoms with Gasteiger partial charge in [-0.05, 0) is 25.0 Å². The van der Waals surface area contributed by atoms with Crippen LogP contribution in [-0.4, -0.2) is 31.5 Å². The molecule has 1 aromatic rings. The lowest BCUT2D eigenvalue weighted by molar-refractivity contribution is 0.0630. The summed E-state index contributed by atoms with van der Waals surface area (Å²) >= 11 is 0. The summed E-state index contributed by atoms with van der Waals surface area (Å²) in [6.07, 6.45) is -0.448. The van der Waals surface area contributed by atoms with Crippen molar-refractivity contribution in [2.45, 2.75) is 26.0 Å². The first-order valence-electron chi connectivity index (χ1n) is 5.61. The number of aryl methyl sites for hydroxylation is 1. The number of benzene rings is 1. The minimum Gasteiger partial charge on any atom is -0.389 e. The summed E-state index contributed by atoms with van der Waals surface area (Å²) in [4.78, 5) is 0. The molecule has 1 rings (SSSR count). The van der Waals surface area contributed by atoms with E-state index in [1.54, 1.807) is 7.11 Å². The van der Waals surface area contributed by atoms with Crippen molar-refractivity contribution in [1.82, 2.24) is 5.32 Å². The third-order valence-electron chi connectivity index (χ3n) is 2.67. The fourth-order valence-electron chi connectivity index (χ4n) is 1.75. The molecule has 0 saturated heterocycles. The van der Waals surface area contributed by atoms with Gasteiger partial charge in [0.15, 0.2) is 0 Å². The second kappa shape index (κ2) is 6.63. The van der Waals surface area contributed by atoms with Gasteiger partial charge in [-0.1, -0.05) is 24.3 Å². The Morgan fingerprint density at radius 1 is 1.38 bits per heavy atom. The van der Waals surface area contributed by atoms with Gasteiger partial charge in [-0.2, -0.15) is 0 Å². The van der Waals surface area contributed by atoms with Crippen LogP contribution < -0.4 is 5.32 Å². The lowest BCUT2D eigenvalue weighted by atomic mass is 10.0. The van der Waals surface area contributed by atoms with Gasteiger partial charge in [0, 0.05) is 19.7 Å². The van der Waals surface area contributed by atoms with Crippen LogP contribution in [0.15, 0.2) is 24.3 Å². The van der Waals surface area contributed by atoms with Gasteiger partial charge in [0.25, 0.3) is 0 Å². The molecular formula is C13H21NO2. The summed E-state index contributed by atoms with van der Waals surface area (Å²) in [5.74, 6) is 0. The van der Waals surface area contributed by atoms with Crippen LogP contribution in [0.3, 0.4) is 0 Å². The highest BCUT2D eigenvalue weighted by atomic mass is 16.5. The Morgan fingerprint density at radius 3 is 2.69 bits per heavy atom. The topological polar surface area (TPSA) is 41.5 Å². The van der Waals surface area contributed by atoms with Gasteiger partial charge in [0.1, 0.15) is 0 Å². The molecule has 0 amide bonds. The summed E-state index contributed by atoms with van der Waals surface area (Å²) in [5.41, 5.74) is 2.54. The van der Waals surface area contributed by atoms with Gasteiger partial charge in [-0.3, -0.25) is 0 Å². The van der Waals surface area contributed by atoms with Gasteiger partial charge < -0.3 is 15.2 Å². The SMILES string of the molecule is COCC(O)CNC(C)c1ccccc1C. The molecule has 0 radical (unpaired) electrons. The number of hydrogen-bond donors (Lipinski definition) is 2. The van der Waals surface area contributed by atoms with Crippen molar-refractivity contribution in [2.24, 2.45) is 0 Å². The standard InChI is InChI=1S/C13H21NO2/c1-10-6-4-5-7-13(10)11(2)14-8-12(15)9-16-3/h4-7,11-12,14-15H,8-9H2,1-3H3. The molecule has 2 N–H and O–H groups in total. The van der Waals surface area contributed by atoms with Crippen molar-refractivity contribution in [3.8, 4) is 0 Å². The van der Waals surface area contributed by atoms with Crippen molar-refractivity contribution < 1.29 is 9.84 Å². The van der Waals surface area contributed by atoms with Crippen LogP contribution in [0, 0.1) is 6.92 Å². The third kappa shape index (κ3) is 3.93. The molecule has 0 heterocycles. The predicted octanol–water partition coefficient (Wildman–Crippen LogP) is 1.65. The van der Waals surface area contributed by atoms with Crippen LogP contribution in [-0.2, 0) is 4.74 Å². The van der Waals surface area contributed by atoms with E-state index in [4.69, 9.17) is 4.74 Å². The first-order chi connectivity index (χ1) is 7.65. The number of rotatable bonds is 6. The molecule has 0 spiro atoms. The van der Waals surface area contributed by atoms with E-state index in [2.05, 4.69) is 31.3 Å². The molecule has 0 saturated carbocycles. The van der Waals surface area contributed by atoms with Gasteiger partial charge in [0.05, 0.1) is 12.7 Å². The van der Waals surface area contributed by atoms with E-state index in [1.807, 2.05) is 12.1 Å². The molecule has 0 fully saturated rings. The number of aliphatic hydroxyl groups is 1. The molecule has 0 aliphatic heterocycles. The van der Waals surface area contributed by atoms with E-state index in [9.17, 15) is 5.11 Å². The van der Waals surface area contributed by atoms with Gasteiger partial charge in [-0.15, -0.1) is 0 Å². The third-order valence-corrected chi connectivity index (χ3v) is 2.67. The molecule has 0 aliphatic carbocycles. The fourth-order valence-corrected chi connectivity index (χ4v) is 1.75. The van der Waals surface area contributed by atoms with Crippen LogP contribution in [0.5, 0.6) is 0 Å². The molecule has 2 atom stereocenters. The Labute approximate surface area is 97.4 Å². The number of ether oxygens (including phenoxy) is 1. The Morgan fingerprint density at radius 2 is 2.06 bits per heavy atom. The highest BCUT2D eigenvalue weighted by Crippen LogP contribution is 2.16. The number of methoxy groups -OCH3 is 1. The Balaban J connectivity index is 2.46. The van der Waals surface area contributed by atoms with E-state index in [0.29, 0.717) is 13.2 Å². The maximum Gasteiger partial charge on any atom is 0.0897 e. The number of aliphatic hydroxyl groups excluding tert-OH is 1. The van der Waals surface area contributed by atoms with Gasteiger partial charge in [-0.25, -0.2) is 0 Å². The molecule has 3 nitrogen and oxygen atoms in total. The van der Waals surface area contributed by atoms with Gasteiger partial charge >= 0.3 is 0 Å². The fraction of sp³-hybridized carbons (Fsp3) is 0.538. The molecule has 16 heavy (non-hydrogen) atoms. The molecule has 2 unspecified atom stereocenters. The average Bonchev–Trinajstić information content (AvgIpc) is 2.27. The van der Waals surface area contributed by atoms with Crippen molar-refractivity contribution >= 4 is 0 Å². The van der Waals surface area contributed by atoms with Crippen LogP contribution >= 0.6 is 0 Å². The van der Waals surface area contributed by atoms with E-state index in [0.717, 1.165) is 0 Å². The zero-order valence-corrected chi connectivity index (χ0v) is 10.2. The Hall–Kier alpha value is -0.900. The lowest BCUT2D eigenvalue weighted by Crippen LogP contribution is -2.32. The molecule has 0 aliphatic rings. The van der Waals surface area contributed by atoms with E-state index >= 15 is 0 Å². The van der Waals surface area contributed by atoms with Crippen LogP contribution in [0.1, 0.15) is 24.1 Å². The zero-order chi connectivity index (χ0) is 12.0. The molecule has 90 valence electrons. The van der Waals surface area contributed by atoms with Gasteiger partial charge in [0.2, 0.25) is 0 Å². The highest BCUT2D eigenvalue weighted by Gasteiger charge is 2.09. The summed E-state index contributed by atoms with van der Waals surface area (Å²) < 4.78 is 4.88. The minimum atomic E-state index is -0.448. The smallest absolute Gasteiger partial charge is 0.0897 e. The van der Waals surface area contributed by atoms with Crippen molar-refractivity contribution in [1.29, 1.82) is 0 Å². The predicted molar refractivity (Wildman–Crippen MR) is 65.5 cm³/mol. The van der Waals surface area contributed by atoms with Crippen LogP contribution in [0.2, 0.25) is 0 Å². The molecule has 3 heteroatoms. The summed E-state index contributed by atoms with van der Waals surface area (Å²) in [5, 5.41) is 12.8. The second-order valence-corrected chi connectivity index (χ2v) is 4.10. The van der Waals surface area contributed by atoms with Crippen molar-refractivity contribution in [3.05, 3.63) is 35.4 Å². The lowest BCUT2D eigenvalue weighted by Gasteiger charge is -2.18. The maximum atomic E-state index is 9.53. The summed E-state index contributed by atoms with van der Waals surface area (Å²) in [6, 6.07) is 8.51. The van der Waals surface area contributed by atoms with Crippen molar-refractivity contribution in [2.75, 3.05) is 20.3 Å².